The normalized spacial score (nSPS) is 10.1. The third-order valence-corrected chi connectivity index (χ3v) is 2.48. The minimum Gasteiger partial charge on any atom is -0.382 e. The van der Waals surface area contributed by atoms with E-state index in [4.69, 9.17) is 11.6 Å². The number of anilines is 1. The van der Waals surface area contributed by atoms with Gasteiger partial charge in [0.2, 0.25) is 5.91 Å². The zero-order chi connectivity index (χ0) is 12.8. The summed E-state index contributed by atoms with van der Waals surface area (Å²) < 4.78 is 1.15. The number of aromatic nitrogens is 2. The van der Waals surface area contributed by atoms with E-state index >= 15 is 0 Å². The zero-order valence-electron chi connectivity index (χ0n) is 9.79. The van der Waals surface area contributed by atoms with Gasteiger partial charge in [0.25, 0.3) is 5.56 Å². The second-order valence-corrected chi connectivity index (χ2v) is 3.81. The van der Waals surface area contributed by atoms with Crippen LogP contribution in [0.4, 0.5) is 5.69 Å². The second-order valence-electron chi connectivity index (χ2n) is 3.43. The molecular formula is C10H15ClN4O2. The van der Waals surface area contributed by atoms with Gasteiger partial charge in [0.15, 0.2) is 0 Å². The van der Waals surface area contributed by atoms with Crippen LogP contribution in [0.15, 0.2) is 11.0 Å². The molecule has 0 bridgehead atoms. The van der Waals surface area contributed by atoms with Crippen molar-refractivity contribution in [2.45, 2.75) is 13.3 Å². The standard InChI is InChI=1S/C10H15ClN4O2/c1-3-12-8(16)4-5-13-7-6-14-15(2)10(17)9(7)11/h6,13H,3-5H2,1-2H3,(H,12,16). The summed E-state index contributed by atoms with van der Waals surface area (Å²) in [6, 6.07) is 0. The molecule has 6 nitrogen and oxygen atoms in total. The fourth-order valence-corrected chi connectivity index (χ4v) is 1.47. The summed E-state index contributed by atoms with van der Waals surface area (Å²) in [7, 11) is 1.52. The molecule has 0 atom stereocenters. The van der Waals surface area contributed by atoms with Gasteiger partial charge in [-0.15, -0.1) is 0 Å². The molecule has 1 heterocycles. The van der Waals surface area contributed by atoms with Crippen molar-refractivity contribution in [3.05, 3.63) is 21.6 Å². The number of aryl methyl sites for hydroxylation is 1. The molecule has 0 aromatic carbocycles. The molecule has 0 fully saturated rings. The highest BCUT2D eigenvalue weighted by Gasteiger charge is 2.07. The monoisotopic (exact) mass is 258 g/mol. The molecule has 1 amide bonds. The molecule has 17 heavy (non-hydrogen) atoms. The van der Waals surface area contributed by atoms with Crippen LogP contribution in [-0.4, -0.2) is 28.8 Å². The molecule has 0 saturated heterocycles. The fraction of sp³-hybridized carbons (Fsp3) is 0.500. The van der Waals surface area contributed by atoms with E-state index < -0.39 is 0 Å². The first-order chi connectivity index (χ1) is 8.06. The van der Waals surface area contributed by atoms with Crippen LogP contribution in [0.1, 0.15) is 13.3 Å². The Morgan fingerprint density at radius 2 is 2.29 bits per heavy atom. The Hall–Kier alpha value is -1.56. The average Bonchev–Trinajstić information content (AvgIpc) is 2.29. The van der Waals surface area contributed by atoms with Gasteiger partial charge >= 0.3 is 0 Å². The Labute approximate surface area is 104 Å². The minimum atomic E-state index is -0.366. The maximum absolute atomic E-state index is 11.4. The van der Waals surface area contributed by atoms with Gasteiger partial charge in [-0.1, -0.05) is 11.6 Å². The highest BCUT2D eigenvalue weighted by atomic mass is 35.5. The van der Waals surface area contributed by atoms with E-state index in [0.29, 0.717) is 25.2 Å². The summed E-state index contributed by atoms with van der Waals surface area (Å²) in [6.45, 7) is 2.86. The first-order valence-electron chi connectivity index (χ1n) is 5.28. The van der Waals surface area contributed by atoms with Crippen molar-refractivity contribution < 1.29 is 4.79 Å². The summed E-state index contributed by atoms with van der Waals surface area (Å²) in [5.41, 5.74) is 0.0775. The van der Waals surface area contributed by atoms with Crippen molar-refractivity contribution >= 4 is 23.2 Å². The predicted molar refractivity (Wildman–Crippen MR) is 66.3 cm³/mol. The molecule has 1 aromatic heterocycles. The highest BCUT2D eigenvalue weighted by molar-refractivity contribution is 6.32. The Balaban J connectivity index is 2.56. The van der Waals surface area contributed by atoms with Crippen LogP contribution in [0.2, 0.25) is 5.02 Å². The van der Waals surface area contributed by atoms with Gasteiger partial charge in [0.05, 0.1) is 11.9 Å². The van der Waals surface area contributed by atoms with Gasteiger partial charge in [-0.2, -0.15) is 5.10 Å². The number of halogens is 1. The molecule has 7 heteroatoms. The lowest BCUT2D eigenvalue weighted by Gasteiger charge is -2.08. The average molecular weight is 259 g/mol. The van der Waals surface area contributed by atoms with Crippen molar-refractivity contribution in [3.8, 4) is 0 Å². The van der Waals surface area contributed by atoms with E-state index in [1.807, 2.05) is 6.92 Å². The Bertz CT molecular complexity index is 458. The molecule has 0 radical (unpaired) electrons. The van der Waals surface area contributed by atoms with E-state index in [0.717, 1.165) is 4.68 Å². The zero-order valence-corrected chi connectivity index (χ0v) is 10.5. The Kier molecular flexibility index (Phi) is 4.96. The number of amides is 1. The molecule has 1 rings (SSSR count). The third kappa shape index (κ3) is 3.74. The van der Waals surface area contributed by atoms with Crippen LogP contribution in [0.3, 0.4) is 0 Å². The molecule has 0 aliphatic heterocycles. The summed E-state index contributed by atoms with van der Waals surface area (Å²) in [5, 5.41) is 9.49. The Morgan fingerprint density at radius 1 is 1.59 bits per heavy atom. The fourth-order valence-electron chi connectivity index (χ4n) is 1.23. The number of carbonyl (C=O) groups is 1. The molecule has 0 aliphatic rings. The van der Waals surface area contributed by atoms with Crippen LogP contribution in [0.25, 0.3) is 0 Å². The summed E-state index contributed by atoms with van der Waals surface area (Å²) in [6.07, 6.45) is 1.78. The van der Waals surface area contributed by atoms with Gasteiger partial charge in [-0.05, 0) is 6.92 Å². The van der Waals surface area contributed by atoms with Crippen LogP contribution < -0.4 is 16.2 Å². The van der Waals surface area contributed by atoms with Crippen molar-refractivity contribution in [1.82, 2.24) is 15.1 Å². The highest BCUT2D eigenvalue weighted by Crippen LogP contribution is 2.14. The second kappa shape index (κ2) is 6.24. The van der Waals surface area contributed by atoms with Gasteiger partial charge < -0.3 is 10.6 Å². The van der Waals surface area contributed by atoms with E-state index in [1.165, 1.54) is 13.2 Å². The summed E-state index contributed by atoms with van der Waals surface area (Å²) in [5.74, 6) is -0.0482. The maximum Gasteiger partial charge on any atom is 0.287 e. The number of carbonyl (C=O) groups excluding carboxylic acids is 1. The van der Waals surface area contributed by atoms with E-state index in [9.17, 15) is 9.59 Å². The quantitative estimate of drug-likeness (QED) is 0.800. The molecule has 0 unspecified atom stereocenters. The lowest BCUT2D eigenvalue weighted by Crippen LogP contribution is -2.25. The van der Waals surface area contributed by atoms with Crippen LogP contribution >= 0.6 is 11.6 Å². The van der Waals surface area contributed by atoms with Crippen LogP contribution in [0.5, 0.6) is 0 Å². The first-order valence-corrected chi connectivity index (χ1v) is 5.66. The lowest BCUT2D eigenvalue weighted by molar-refractivity contribution is -0.120. The van der Waals surface area contributed by atoms with Crippen molar-refractivity contribution in [2.24, 2.45) is 7.05 Å². The smallest absolute Gasteiger partial charge is 0.287 e. The van der Waals surface area contributed by atoms with Gasteiger partial charge in [-0.3, -0.25) is 9.59 Å². The minimum absolute atomic E-state index is 0.0482. The van der Waals surface area contributed by atoms with Crippen molar-refractivity contribution in [1.29, 1.82) is 0 Å². The summed E-state index contributed by atoms with van der Waals surface area (Å²) >= 11 is 5.84. The predicted octanol–water partition coefficient (Wildman–Crippen LogP) is 0.372. The number of hydrogen-bond donors (Lipinski definition) is 2. The SMILES string of the molecule is CCNC(=O)CCNc1cnn(C)c(=O)c1Cl. The molecule has 94 valence electrons. The number of rotatable bonds is 5. The number of hydrogen-bond acceptors (Lipinski definition) is 4. The molecule has 2 N–H and O–H groups in total. The van der Waals surface area contributed by atoms with Gasteiger partial charge in [0.1, 0.15) is 5.02 Å². The molecule has 0 saturated carbocycles. The molecule has 0 spiro atoms. The number of nitrogens with zero attached hydrogens (tertiary/aromatic N) is 2. The van der Waals surface area contributed by atoms with Crippen LogP contribution in [0, 0.1) is 0 Å². The van der Waals surface area contributed by atoms with E-state index in [-0.39, 0.29) is 16.5 Å². The topological polar surface area (TPSA) is 76.0 Å². The molecule has 0 aliphatic carbocycles. The van der Waals surface area contributed by atoms with E-state index in [1.54, 1.807) is 0 Å². The number of nitrogens with one attached hydrogen (secondary N) is 2. The molecular weight excluding hydrogens is 244 g/mol. The molecule has 1 aromatic rings. The first kappa shape index (κ1) is 13.5. The van der Waals surface area contributed by atoms with Gasteiger partial charge in [-0.25, -0.2) is 4.68 Å². The maximum atomic E-state index is 11.4. The van der Waals surface area contributed by atoms with E-state index in [2.05, 4.69) is 15.7 Å². The summed E-state index contributed by atoms with van der Waals surface area (Å²) in [4.78, 5) is 22.6. The van der Waals surface area contributed by atoms with Crippen LogP contribution in [-0.2, 0) is 11.8 Å². The van der Waals surface area contributed by atoms with Gasteiger partial charge in [0, 0.05) is 26.6 Å². The van der Waals surface area contributed by atoms with Crippen molar-refractivity contribution in [3.63, 3.8) is 0 Å². The third-order valence-electron chi connectivity index (χ3n) is 2.12. The largest absolute Gasteiger partial charge is 0.382 e. The lowest BCUT2D eigenvalue weighted by atomic mass is 10.3. The Morgan fingerprint density at radius 3 is 2.94 bits per heavy atom. The van der Waals surface area contributed by atoms with Crippen molar-refractivity contribution in [2.75, 3.05) is 18.4 Å².